The van der Waals surface area contributed by atoms with Gasteiger partial charge in [-0.05, 0) is 79.4 Å². The van der Waals surface area contributed by atoms with Crippen molar-refractivity contribution >= 4 is 82.5 Å². The lowest BCUT2D eigenvalue weighted by Crippen LogP contribution is -2.54. The van der Waals surface area contributed by atoms with Gasteiger partial charge in [0, 0.05) is 29.2 Å². The smallest absolute Gasteiger partial charge is 0.404 e. The minimum Gasteiger partial charge on any atom is -0.404 e. The lowest BCUT2D eigenvalue weighted by molar-refractivity contribution is -0.275. The number of rotatable bonds is 7. The number of hydrogen-bond acceptors (Lipinski definition) is 14. The number of piperidine rings is 2. The zero-order valence-corrected chi connectivity index (χ0v) is 35.8. The van der Waals surface area contributed by atoms with E-state index in [-0.39, 0.29) is 58.6 Å². The number of fused-ring (bicyclic) bond motifs is 2. The molecule has 4 heterocycles. The predicted octanol–water partition coefficient (Wildman–Crippen LogP) is 3.55. The van der Waals surface area contributed by atoms with E-state index in [4.69, 9.17) is 16.4 Å². The van der Waals surface area contributed by atoms with Crippen molar-refractivity contribution in [3.63, 3.8) is 0 Å². The number of amides is 8. The molecule has 2 unspecified atom stereocenters. The number of nitrogen functional groups attached to an aromatic ring is 1. The van der Waals surface area contributed by atoms with E-state index in [0.29, 0.717) is 16.8 Å². The van der Waals surface area contributed by atoms with E-state index in [1.165, 1.54) is 54.6 Å². The molecule has 8 amide bonds. The highest BCUT2D eigenvalue weighted by molar-refractivity contribution is 8.13. The Bertz CT molecular complexity index is 2950. The second-order valence-electron chi connectivity index (χ2n) is 14.5. The van der Waals surface area contributed by atoms with Crippen LogP contribution in [0.5, 0.6) is 5.75 Å². The fraction of sp³-hybridized carbons (Fsp3) is 0.220. The van der Waals surface area contributed by atoms with Crippen molar-refractivity contribution in [2.75, 3.05) is 5.73 Å². The summed E-state index contributed by atoms with van der Waals surface area (Å²) in [4.78, 5) is 97.7. The average molecular weight is 960 g/mol. The molecule has 2 atom stereocenters. The van der Waals surface area contributed by atoms with E-state index in [9.17, 15) is 68.4 Å². The highest BCUT2D eigenvalue weighted by atomic mass is 35.7. The number of aryl methyl sites for hydroxylation is 1. The second-order valence-corrected chi connectivity index (χ2v) is 19.0. The van der Waals surface area contributed by atoms with Crippen LogP contribution in [-0.2, 0) is 43.8 Å². The summed E-state index contributed by atoms with van der Waals surface area (Å²) in [5.41, 5.74) is 7.55. The van der Waals surface area contributed by atoms with Gasteiger partial charge in [-0.25, -0.2) is 16.8 Å². The Morgan fingerprint density at radius 2 is 1.12 bits per heavy atom. The Morgan fingerprint density at radius 3 is 1.62 bits per heavy atom. The van der Waals surface area contributed by atoms with E-state index in [2.05, 4.69) is 15.4 Å². The highest BCUT2D eigenvalue weighted by Gasteiger charge is 2.46. The highest BCUT2D eigenvalue weighted by Crippen LogP contribution is 2.33. The molecule has 0 spiro atoms. The first-order valence-corrected chi connectivity index (χ1v) is 22.9. The molecule has 4 aromatic rings. The van der Waals surface area contributed by atoms with Crippen LogP contribution in [0.3, 0.4) is 0 Å². The summed E-state index contributed by atoms with van der Waals surface area (Å²) in [5, 5.41) is 4.27. The lowest BCUT2D eigenvalue weighted by atomic mass is 10.0. The van der Waals surface area contributed by atoms with Crippen LogP contribution in [-0.4, -0.2) is 92.3 Å². The molecule has 4 N–H and O–H groups in total. The number of ether oxygens (including phenoxy) is 1. The number of carbonyl (C=O) groups excluding carboxylic acids is 8. The third-order valence-electron chi connectivity index (χ3n) is 10.1. The van der Waals surface area contributed by atoms with Crippen LogP contribution >= 0.6 is 10.7 Å². The van der Waals surface area contributed by atoms with Gasteiger partial charge in [0.05, 0.1) is 32.9 Å². The number of hydrogen-bond donors (Lipinski definition) is 3. The molecule has 18 nitrogen and oxygen atoms in total. The van der Waals surface area contributed by atoms with Gasteiger partial charge in [0.25, 0.3) is 32.7 Å². The molecule has 340 valence electrons. The van der Waals surface area contributed by atoms with Gasteiger partial charge in [-0.1, -0.05) is 36.4 Å². The molecule has 65 heavy (non-hydrogen) atoms. The first kappa shape index (κ1) is 47.5. The number of benzene rings is 4. The summed E-state index contributed by atoms with van der Waals surface area (Å²) in [6.45, 7) is 1.70. The summed E-state index contributed by atoms with van der Waals surface area (Å²) in [5.74, 6) is -5.70. The van der Waals surface area contributed by atoms with Crippen molar-refractivity contribution in [3.8, 4) is 5.75 Å². The molecule has 0 saturated carbocycles. The maximum Gasteiger partial charge on any atom is 0.573 e. The number of halogens is 4. The van der Waals surface area contributed by atoms with Crippen molar-refractivity contribution in [1.29, 1.82) is 0 Å². The molecule has 4 aliphatic rings. The number of nitrogens with zero attached hydrogens (tertiary/aromatic N) is 2. The van der Waals surface area contributed by atoms with E-state index < -0.39 is 95.2 Å². The Labute approximate surface area is 371 Å². The Kier molecular flexibility index (Phi) is 13.3. The average Bonchev–Trinajstić information content (AvgIpc) is 3.60. The van der Waals surface area contributed by atoms with Crippen molar-refractivity contribution in [1.82, 2.24) is 20.4 Å². The summed E-state index contributed by atoms with van der Waals surface area (Å²) in [6.07, 6.45) is -4.62. The molecular weight excluding hydrogens is 927 g/mol. The number of alkyl halides is 3. The molecule has 0 aliphatic carbocycles. The van der Waals surface area contributed by atoms with Gasteiger partial charge in [0.2, 0.25) is 23.6 Å². The van der Waals surface area contributed by atoms with Crippen LogP contribution in [0, 0.1) is 6.92 Å². The predicted molar refractivity (Wildman–Crippen MR) is 219 cm³/mol. The molecule has 0 bridgehead atoms. The van der Waals surface area contributed by atoms with Gasteiger partial charge in [0.1, 0.15) is 22.7 Å². The van der Waals surface area contributed by atoms with Gasteiger partial charge in [-0.3, -0.25) is 58.8 Å². The molecule has 2 fully saturated rings. The Morgan fingerprint density at radius 1 is 0.662 bits per heavy atom. The van der Waals surface area contributed by atoms with Gasteiger partial charge < -0.3 is 10.5 Å². The quantitative estimate of drug-likeness (QED) is 0.136. The van der Waals surface area contributed by atoms with Crippen molar-refractivity contribution < 1.29 is 73.1 Å². The second kappa shape index (κ2) is 18.3. The first-order valence-electron chi connectivity index (χ1n) is 18.9. The van der Waals surface area contributed by atoms with Crippen molar-refractivity contribution in [3.05, 3.63) is 118 Å². The molecule has 8 rings (SSSR count). The summed E-state index contributed by atoms with van der Waals surface area (Å²) in [6, 6.07) is 17.5. The SMILES string of the molecule is Cc1ccccc1S(=O)(=O)Cc1ccc2c(c1)C(=O)N(C1CCC(=O)NC1=O)C2=O.Nc1ccc2c(c1)C(=O)N(C1CCC(=O)NC1=O)C2=O.O=S(=O)(Cl)c1ccccc1OC(F)(F)F. The third kappa shape index (κ3) is 10.4. The number of carbonyl (C=O) groups is 8. The third-order valence-corrected chi connectivity index (χ3v) is 13.3. The fourth-order valence-electron chi connectivity index (χ4n) is 7.16. The minimum absolute atomic E-state index is 0.0315. The largest absolute Gasteiger partial charge is 0.573 e. The molecule has 2 saturated heterocycles. The van der Waals surface area contributed by atoms with Crippen LogP contribution in [0.1, 0.15) is 78.2 Å². The summed E-state index contributed by atoms with van der Waals surface area (Å²) >= 11 is 0. The van der Waals surface area contributed by atoms with Crippen LogP contribution < -0.4 is 21.1 Å². The maximum atomic E-state index is 12.9. The zero-order valence-electron chi connectivity index (χ0n) is 33.4. The molecule has 4 aliphatic heterocycles. The molecular formula is C41H33ClF3N5O13S2. The molecule has 4 aromatic carbocycles. The Hall–Kier alpha value is -6.98. The van der Waals surface area contributed by atoms with E-state index >= 15 is 0 Å². The van der Waals surface area contributed by atoms with Crippen molar-refractivity contribution in [2.45, 2.75) is 66.6 Å². The Balaban J connectivity index is 0.000000173. The minimum atomic E-state index is -4.96. The lowest BCUT2D eigenvalue weighted by Gasteiger charge is -2.27. The summed E-state index contributed by atoms with van der Waals surface area (Å²) in [7, 11) is -2.99. The number of para-hydroxylation sites is 1. The number of imide groups is 4. The van der Waals surface area contributed by atoms with Crippen molar-refractivity contribution in [2.24, 2.45) is 0 Å². The maximum absolute atomic E-state index is 12.9. The standard InChI is InChI=1S/C21H18N2O6S.C13H11N3O4.C7H4ClF3O3S/c1-12-4-2-3-5-17(12)30(28,29)11-13-6-7-14-15(10-13)21(27)23(20(14)26)16-8-9-18(24)22-19(16)25;14-6-1-2-7-8(5-6)13(20)16(12(7)19)9-3-4-10(17)15-11(9)18;8-15(12,13)6-4-2-1-3-5(6)14-7(9,10)11/h2-7,10,16H,8-9,11H2,1H3,(H,22,24,25);1-2,5,9H,3-4,14H2,(H,15,17,18);1-4H. The van der Waals surface area contributed by atoms with Crippen LogP contribution in [0.15, 0.2) is 94.7 Å². The van der Waals surface area contributed by atoms with Crippen LogP contribution in [0.4, 0.5) is 18.9 Å². The first-order chi connectivity index (χ1) is 30.4. The van der Waals surface area contributed by atoms with Crippen LogP contribution in [0.25, 0.3) is 0 Å². The molecule has 24 heteroatoms. The van der Waals surface area contributed by atoms with Gasteiger partial charge in [-0.15, -0.1) is 13.2 Å². The number of nitrogens with two attached hydrogens (primary N) is 1. The zero-order chi connectivity index (χ0) is 47.8. The number of nitrogens with one attached hydrogen (secondary N) is 2. The molecule has 0 radical (unpaired) electrons. The van der Waals surface area contributed by atoms with Crippen LogP contribution in [0.2, 0.25) is 0 Å². The van der Waals surface area contributed by atoms with E-state index in [1.54, 1.807) is 25.1 Å². The number of sulfone groups is 1. The normalized spacial score (nSPS) is 18.5. The van der Waals surface area contributed by atoms with Gasteiger partial charge in [0.15, 0.2) is 9.84 Å². The summed E-state index contributed by atoms with van der Waals surface area (Å²) < 4.78 is 86.4. The monoisotopic (exact) mass is 959 g/mol. The number of anilines is 1. The van der Waals surface area contributed by atoms with E-state index in [1.807, 2.05) is 0 Å². The molecule has 0 aromatic heterocycles. The van der Waals surface area contributed by atoms with Gasteiger partial charge >= 0.3 is 6.36 Å². The van der Waals surface area contributed by atoms with Gasteiger partial charge in [-0.2, -0.15) is 0 Å². The fourth-order valence-corrected chi connectivity index (χ4v) is 9.75. The topological polar surface area (TPSA) is 271 Å². The van der Waals surface area contributed by atoms with E-state index in [0.717, 1.165) is 21.9 Å².